The molecule has 1 fully saturated rings. The summed E-state index contributed by atoms with van der Waals surface area (Å²) in [4.78, 5) is 16.2. The third-order valence-electron chi connectivity index (χ3n) is 4.21. The van der Waals surface area contributed by atoms with E-state index in [0.29, 0.717) is 39.0 Å². The second-order valence-electron chi connectivity index (χ2n) is 5.83. The van der Waals surface area contributed by atoms with Crippen molar-refractivity contribution in [1.82, 2.24) is 13.6 Å². The van der Waals surface area contributed by atoms with E-state index in [9.17, 15) is 18.0 Å². The third kappa shape index (κ3) is 4.47. The van der Waals surface area contributed by atoms with Crippen LogP contribution in [-0.4, -0.2) is 45.7 Å². The number of carbonyl (C=O) groups is 1. The minimum Gasteiger partial charge on any atom is -0.351 e. The van der Waals surface area contributed by atoms with E-state index in [1.807, 2.05) is 0 Å². The van der Waals surface area contributed by atoms with Crippen molar-refractivity contribution in [2.75, 3.05) is 31.1 Å². The van der Waals surface area contributed by atoms with Gasteiger partial charge >= 0.3 is 6.18 Å². The monoisotopic (exact) mass is 370 g/mol. The topological polar surface area (TPSA) is 49.3 Å². The van der Waals surface area contributed by atoms with E-state index < -0.39 is 11.7 Å². The smallest absolute Gasteiger partial charge is 0.351 e. The molecule has 1 aliphatic rings. The molecule has 0 radical (unpaired) electrons. The van der Waals surface area contributed by atoms with Crippen molar-refractivity contribution in [3.63, 3.8) is 0 Å². The molecule has 0 saturated carbocycles. The number of hydrogen-bond donors (Lipinski definition) is 0. The summed E-state index contributed by atoms with van der Waals surface area (Å²) in [6.45, 7) is 2.64. The van der Waals surface area contributed by atoms with Crippen molar-refractivity contribution in [3.05, 3.63) is 41.6 Å². The number of anilines is 1. The Morgan fingerprint density at radius 2 is 1.80 bits per heavy atom. The SMILES string of the molecule is O=C(CCc1ccc(C(F)(F)F)cc1)N1CCN(c2cnsn2)CC1. The molecule has 1 aromatic carbocycles. The number of rotatable bonds is 4. The van der Waals surface area contributed by atoms with Gasteiger partial charge in [-0.25, -0.2) is 0 Å². The predicted molar refractivity (Wildman–Crippen MR) is 88.5 cm³/mol. The van der Waals surface area contributed by atoms with E-state index in [-0.39, 0.29) is 5.91 Å². The molecular formula is C16H17F3N4OS. The van der Waals surface area contributed by atoms with Crippen molar-refractivity contribution in [3.8, 4) is 0 Å². The van der Waals surface area contributed by atoms with Crippen LogP contribution in [0.15, 0.2) is 30.5 Å². The third-order valence-corrected chi connectivity index (χ3v) is 4.68. The number of nitrogens with zero attached hydrogens (tertiary/aromatic N) is 4. The number of aromatic nitrogens is 2. The molecule has 0 N–H and O–H groups in total. The first-order valence-corrected chi connectivity index (χ1v) is 8.63. The van der Waals surface area contributed by atoms with Gasteiger partial charge in [0.05, 0.1) is 23.5 Å². The zero-order chi connectivity index (χ0) is 17.9. The minimum absolute atomic E-state index is 0.0240. The number of hydrogen-bond acceptors (Lipinski definition) is 5. The van der Waals surface area contributed by atoms with Gasteiger partial charge in [0.15, 0.2) is 5.82 Å². The first-order valence-electron chi connectivity index (χ1n) is 7.90. The van der Waals surface area contributed by atoms with Gasteiger partial charge in [-0.1, -0.05) is 12.1 Å². The molecule has 2 heterocycles. The fourth-order valence-corrected chi connectivity index (χ4v) is 3.19. The molecule has 0 bridgehead atoms. The van der Waals surface area contributed by atoms with Crippen LogP contribution in [0.3, 0.4) is 0 Å². The number of carbonyl (C=O) groups excluding carboxylic acids is 1. The normalized spacial score (nSPS) is 15.5. The Morgan fingerprint density at radius 3 is 2.36 bits per heavy atom. The molecule has 9 heteroatoms. The first kappa shape index (κ1) is 17.7. The Kier molecular flexibility index (Phi) is 5.22. The highest BCUT2D eigenvalue weighted by molar-refractivity contribution is 6.99. The predicted octanol–water partition coefficient (Wildman–Crippen LogP) is 2.84. The van der Waals surface area contributed by atoms with Gasteiger partial charge in [-0.15, -0.1) is 0 Å². The van der Waals surface area contributed by atoms with Crippen LogP contribution in [0.5, 0.6) is 0 Å². The van der Waals surface area contributed by atoms with Crippen molar-refractivity contribution < 1.29 is 18.0 Å². The van der Waals surface area contributed by atoms with Crippen LogP contribution in [0, 0.1) is 0 Å². The van der Waals surface area contributed by atoms with Crippen LogP contribution < -0.4 is 4.90 Å². The van der Waals surface area contributed by atoms with Gasteiger partial charge in [0.25, 0.3) is 0 Å². The second-order valence-corrected chi connectivity index (χ2v) is 6.38. The molecule has 2 aromatic rings. The number of alkyl halides is 3. The molecule has 0 atom stereocenters. The average molecular weight is 370 g/mol. The number of halogens is 3. The van der Waals surface area contributed by atoms with E-state index in [4.69, 9.17) is 0 Å². The lowest BCUT2D eigenvalue weighted by molar-refractivity contribution is -0.137. The molecule has 0 unspecified atom stereocenters. The van der Waals surface area contributed by atoms with Crippen molar-refractivity contribution in [1.29, 1.82) is 0 Å². The maximum Gasteiger partial charge on any atom is 0.416 e. The van der Waals surface area contributed by atoms with E-state index in [1.165, 1.54) is 12.1 Å². The standard InChI is InChI=1S/C16H17F3N4OS/c17-16(18,19)13-4-1-12(2-5-13)3-6-15(24)23-9-7-22(8-10-23)14-11-20-25-21-14/h1-2,4-5,11H,3,6-10H2. The van der Waals surface area contributed by atoms with Crippen LogP contribution in [0.1, 0.15) is 17.5 Å². The average Bonchev–Trinajstić information content (AvgIpc) is 3.14. The summed E-state index contributed by atoms with van der Waals surface area (Å²) in [6.07, 6.45) is -1.88. The summed E-state index contributed by atoms with van der Waals surface area (Å²) in [6, 6.07) is 4.98. The fraction of sp³-hybridized carbons (Fsp3) is 0.438. The van der Waals surface area contributed by atoms with Crippen molar-refractivity contribution in [2.45, 2.75) is 19.0 Å². The molecular weight excluding hydrogens is 353 g/mol. The summed E-state index contributed by atoms with van der Waals surface area (Å²) in [5, 5.41) is 0. The lowest BCUT2D eigenvalue weighted by Crippen LogP contribution is -2.49. The Balaban J connectivity index is 1.47. The Morgan fingerprint density at radius 1 is 1.12 bits per heavy atom. The highest BCUT2D eigenvalue weighted by atomic mass is 32.1. The van der Waals surface area contributed by atoms with E-state index in [1.54, 1.807) is 11.1 Å². The molecule has 134 valence electrons. The minimum atomic E-state index is -4.33. The summed E-state index contributed by atoms with van der Waals surface area (Å²) in [5.74, 6) is 0.859. The summed E-state index contributed by atoms with van der Waals surface area (Å²) < 4.78 is 45.8. The van der Waals surface area contributed by atoms with Gasteiger partial charge < -0.3 is 9.80 Å². The molecule has 0 spiro atoms. The second kappa shape index (κ2) is 7.38. The Bertz CT molecular complexity index is 695. The molecule has 1 aromatic heterocycles. The lowest BCUT2D eigenvalue weighted by Gasteiger charge is -2.34. The molecule has 1 aliphatic heterocycles. The molecule has 1 saturated heterocycles. The molecule has 5 nitrogen and oxygen atoms in total. The fourth-order valence-electron chi connectivity index (χ4n) is 2.75. The highest BCUT2D eigenvalue weighted by Gasteiger charge is 2.30. The van der Waals surface area contributed by atoms with E-state index in [0.717, 1.165) is 35.2 Å². The number of piperazine rings is 1. The van der Waals surface area contributed by atoms with Gasteiger partial charge in [0.1, 0.15) is 0 Å². The van der Waals surface area contributed by atoms with E-state index in [2.05, 4.69) is 13.6 Å². The summed E-state index contributed by atoms with van der Waals surface area (Å²) in [5.41, 5.74) is 0.0590. The van der Waals surface area contributed by atoms with Gasteiger partial charge in [-0.3, -0.25) is 4.79 Å². The first-order chi connectivity index (χ1) is 11.9. The maximum absolute atomic E-state index is 12.5. The number of amides is 1. The number of aryl methyl sites for hydroxylation is 1. The molecule has 3 rings (SSSR count). The highest BCUT2D eigenvalue weighted by Crippen LogP contribution is 2.29. The van der Waals surface area contributed by atoms with E-state index >= 15 is 0 Å². The van der Waals surface area contributed by atoms with Gasteiger partial charge in [-0.05, 0) is 24.1 Å². The van der Waals surface area contributed by atoms with Crippen LogP contribution in [0.2, 0.25) is 0 Å². The molecule has 25 heavy (non-hydrogen) atoms. The van der Waals surface area contributed by atoms with Gasteiger partial charge in [-0.2, -0.15) is 21.9 Å². The van der Waals surface area contributed by atoms with Crippen LogP contribution >= 0.6 is 11.7 Å². The lowest BCUT2D eigenvalue weighted by atomic mass is 10.1. The summed E-state index contributed by atoms with van der Waals surface area (Å²) >= 11 is 1.16. The Hall–Kier alpha value is -2.16. The quantitative estimate of drug-likeness (QED) is 0.831. The largest absolute Gasteiger partial charge is 0.416 e. The van der Waals surface area contributed by atoms with Crippen LogP contribution in [-0.2, 0) is 17.4 Å². The van der Waals surface area contributed by atoms with Gasteiger partial charge in [0.2, 0.25) is 5.91 Å². The van der Waals surface area contributed by atoms with Crippen LogP contribution in [0.4, 0.5) is 19.0 Å². The van der Waals surface area contributed by atoms with Crippen molar-refractivity contribution in [2.24, 2.45) is 0 Å². The molecule has 1 amide bonds. The molecule has 0 aliphatic carbocycles. The maximum atomic E-state index is 12.5. The Labute approximate surface area is 147 Å². The number of benzene rings is 1. The summed E-state index contributed by atoms with van der Waals surface area (Å²) in [7, 11) is 0. The zero-order valence-corrected chi connectivity index (χ0v) is 14.2. The zero-order valence-electron chi connectivity index (χ0n) is 13.4. The van der Waals surface area contributed by atoms with Gasteiger partial charge in [0, 0.05) is 32.6 Å². The van der Waals surface area contributed by atoms with Crippen molar-refractivity contribution >= 4 is 23.5 Å². The van der Waals surface area contributed by atoms with Crippen LogP contribution in [0.25, 0.3) is 0 Å².